The van der Waals surface area contributed by atoms with Gasteiger partial charge < -0.3 is 14.4 Å². The first kappa shape index (κ1) is 20.1. The summed E-state index contributed by atoms with van der Waals surface area (Å²) in [5.41, 5.74) is 1.93. The molecule has 6 nitrogen and oxygen atoms in total. The Balaban J connectivity index is 1.54. The van der Waals surface area contributed by atoms with Crippen molar-refractivity contribution in [2.75, 3.05) is 13.7 Å². The van der Waals surface area contributed by atoms with Gasteiger partial charge in [0.25, 0.3) is 0 Å². The normalized spacial score (nSPS) is 23.0. The summed E-state index contributed by atoms with van der Waals surface area (Å²) in [5, 5.41) is 0. The highest BCUT2D eigenvalue weighted by Crippen LogP contribution is 2.51. The van der Waals surface area contributed by atoms with Crippen molar-refractivity contribution < 1.29 is 23.9 Å². The van der Waals surface area contributed by atoms with E-state index < -0.39 is 5.97 Å². The van der Waals surface area contributed by atoms with Crippen LogP contribution in [0.15, 0.2) is 54.6 Å². The maximum Gasteiger partial charge on any atom is 0.410 e. The van der Waals surface area contributed by atoms with Crippen molar-refractivity contribution in [3.8, 4) is 0 Å². The van der Waals surface area contributed by atoms with Crippen LogP contribution in [0.5, 0.6) is 0 Å². The molecular formula is C24H25NO5. The van der Waals surface area contributed by atoms with Crippen LogP contribution < -0.4 is 0 Å². The van der Waals surface area contributed by atoms with Crippen molar-refractivity contribution in [2.24, 2.45) is 5.41 Å². The van der Waals surface area contributed by atoms with Crippen LogP contribution in [-0.4, -0.2) is 36.4 Å². The summed E-state index contributed by atoms with van der Waals surface area (Å²) in [7, 11) is 1.34. The molecule has 0 aromatic heterocycles. The second-order valence-corrected chi connectivity index (χ2v) is 8.02. The van der Waals surface area contributed by atoms with E-state index in [1.165, 1.54) is 7.11 Å². The Kier molecular flexibility index (Phi) is 5.57. The third-order valence-corrected chi connectivity index (χ3v) is 6.37. The molecule has 1 saturated heterocycles. The molecule has 1 aliphatic carbocycles. The van der Waals surface area contributed by atoms with Gasteiger partial charge in [0.15, 0.2) is 0 Å². The SMILES string of the molecule is COC(=O)c1ccc(C2CC3(CCC3=O)CCN2C(=O)OCc2ccccc2)cc1. The lowest BCUT2D eigenvalue weighted by molar-refractivity contribution is -0.143. The Labute approximate surface area is 175 Å². The second kappa shape index (κ2) is 8.30. The molecule has 0 radical (unpaired) electrons. The van der Waals surface area contributed by atoms with E-state index in [1.807, 2.05) is 42.5 Å². The lowest BCUT2D eigenvalue weighted by Gasteiger charge is -2.49. The second-order valence-electron chi connectivity index (χ2n) is 8.02. The highest BCUT2D eigenvalue weighted by atomic mass is 16.6. The number of piperidine rings is 1. The smallest absolute Gasteiger partial charge is 0.410 e. The molecule has 2 aromatic rings. The number of hydrogen-bond donors (Lipinski definition) is 0. The molecule has 2 aromatic carbocycles. The Hall–Kier alpha value is -3.15. The lowest BCUT2D eigenvalue weighted by Crippen LogP contribution is -2.52. The number of hydrogen-bond acceptors (Lipinski definition) is 5. The maximum absolute atomic E-state index is 12.9. The fourth-order valence-corrected chi connectivity index (χ4v) is 4.41. The summed E-state index contributed by atoms with van der Waals surface area (Å²) in [6.07, 6.45) is 2.36. The summed E-state index contributed by atoms with van der Waals surface area (Å²) in [6, 6.07) is 16.3. The number of methoxy groups -OCH3 is 1. The van der Waals surface area contributed by atoms with Gasteiger partial charge in [0, 0.05) is 18.4 Å². The zero-order valence-corrected chi connectivity index (χ0v) is 17.0. The van der Waals surface area contributed by atoms with Crippen molar-refractivity contribution in [3.05, 3.63) is 71.3 Å². The molecule has 0 N–H and O–H groups in total. The molecule has 2 unspecified atom stereocenters. The van der Waals surface area contributed by atoms with Gasteiger partial charge in [-0.05, 0) is 42.5 Å². The van der Waals surface area contributed by atoms with Crippen molar-refractivity contribution >= 4 is 17.8 Å². The van der Waals surface area contributed by atoms with Crippen molar-refractivity contribution in [1.29, 1.82) is 0 Å². The average molecular weight is 407 g/mol. The number of carbonyl (C=O) groups excluding carboxylic acids is 3. The molecule has 1 spiro atoms. The highest BCUT2D eigenvalue weighted by molar-refractivity contribution is 5.91. The van der Waals surface area contributed by atoms with Crippen LogP contribution in [0, 0.1) is 5.41 Å². The number of esters is 1. The van der Waals surface area contributed by atoms with Gasteiger partial charge in [-0.25, -0.2) is 9.59 Å². The molecule has 30 heavy (non-hydrogen) atoms. The van der Waals surface area contributed by atoms with Crippen LogP contribution in [0.25, 0.3) is 0 Å². The number of likely N-dealkylation sites (tertiary alicyclic amines) is 1. The fraction of sp³-hybridized carbons (Fsp3) is 0.375. The standard InChI is InChI=1S/C24H25NO5/c1-29-22(27)19-9-7-18(8-10-19)20-15-24(12-11-21(24)26)13-14-25(20)23(28)30-16-17-5-3-2-4-6-17/h2-10,20H,11-16H2,1H3. The Morgan fingerprint density at radius 1 is 1.07 bits per heavy atom. The van der Waals surface area contributed by atoms with Crippen LogP contribution in [-0.2, 0) is 20.9 Å². The fourth-order valence-electron chi connectivity index (χ4n) is 4.41. The number of ether oxygens (including phenoxy) is 2. The first-order valence-corrected chi connectivity index (χ1v) is 10.2. The van der Waals surface area contributed by atoms with Gasteiger partial charge in [0.2, 0.25) is 0 Å². The number of benzene rings is 2. The minimum Gasteiger partial charge on any atom is -0.465 e. The van der Waals surface area contributed by atoms with E-state index in [4.69, 9.17) is 9.47 Å². The number of ketones is 1. The number of rotatable bonds is 4. The Bertz CT molecular complexity index is 940. The molecule has 0 bridgehead atoms. The van der Waals surface area contributed by atoms with Crippen LogP contribution in [0.1, 0.15) is 53.2 Å². The van der Waals surface area contributed by atoms with Crippen LogP contribution in [0.2, 0.25) is 0 Å². The first-order valence-electron chi connectivity index (χ1n) is 10.2. The molecule has 1 aliphatic heterocycles. The van der Waals surface area contributed by atoms with Gasteiger partial charge >= 0.3 is 12.1 Å². The molecule has 156 valence electrons. The van der Waals surface area contributed by atoms with E-state index >= 15 is 0 Å². The van der Waals surface area contributed by atoms with E-state index in [0.717, 1.165) is 17.5 Å². The summed E-state index contributed by atoms with van der Waals surface area (Å²) >= 11 is 0. The molecule has 2 aliphatic rings. The van der Waals surface area contributed by atoms with Crippen LogP contribution in [0.4, 0.5) is 4.79 Å². The van der Waals surface area contributed by atoms with E-state index in [-0.39, 0.29) is 29.9 Å². The van der Waals surface area contributed by atoms with E-state index in [9.17, 15) is 14.4 Å². The lowest BCUT2D eigenvalue weighted by atomic mass is 9.60. The predicted octanol–water partition coefficient (Wildman–Crippen LogP) is 4.30. The van der Waals surface area contributed by atoms with E-state index in [1.54, 1.807) is 17.0 Å². The number of Topliss-reactive ketones (excluding diaryl/α,β-unsaturated/α-hetero) is 1. The number of carbonyl (C=O) groups is 3. The van der Waals surface area contributed by atoms with Crippen molar-refractivity contribution in [1.82, 2.24) is 4.90 Å². The third kappa shape index (κ3) is 3.82. The number of nitrogens with zero attached hydrogens (tertiary/aromatic N) is 1. The van der Waals surface area contributed by atoms with Crippen LogP contribution in [0.3, 0.4) is 0 Å². The van der Waals surface area contributed by atoms with Gasteiger partial charge in [0.1, 0.15) is 12.4 Å². The minimum atomic E-state index is -0.407. The molecule has 2 atom stereocenters. The molecule has 2 fully saturated rings. The Morgan fingerprint density at radius 3 is 2.40 bits per heavy atom. The third-order valence-electron chi connectivity index (χ3n) is 6.37. The van der Waals surface area contributed by atoms with Gasteiger partial charge in [-0.2, -0.15) is 0 Å². The predicted molar refractivity (Wildman–Crippen MR) is 110 cm³/mol. The van der Waals surface area contributed by atoms with E-state index in [0.29, 0.717) is 31.4 Å². The molecule has 1 amide bonds. The Morgan fingerprint density at radius 2 is 1.80 bits per heavy atom. The molecule has 6 heteroatoms. The molecule has 4 rings (SSSR count). The van der Waals surface area contributed by atoms with Crippen molar-refractivity contribution in [3.63, 3.8) is 0 Å². The average Bonchev–Trinajstić information content (AvgIpc) is 2.81. The summed E-state index contributed by atoms with van der Waals surface area (Å²) in [4.78, 5) is 38.7. The van der Waals surface area contributed by atoms with Gasteiger partial charge in [0.05, 0.1) is 18.7 Å². The van der Waals surface area contributed by atoms with E-state index in [2.05, 4.69) is 0 Å². The van der Waals surface area contributed by atoms with Crippen molar-refractivity contribution in [2.45, 2.75) is 38.3 Å². The monoisotopic (exact) mass is 407 g/mol. The number of amides is 1. The van der Waals surface area contributed by atoms with Crippen LogP contribution >= 0.6 is 0 Å². The zero-order chi connectivity index (χ0) is 21.1. The molecule has 1 heterocycles. The first-order chi connectivity index (χ1) is 14.5. The summed E-state index contributed by atoms with van der Waals surface area (Å²) in [6.45, 7) is 0.678. The quantitative estimate of drug-likeness (QED) is 0.707. The largest absolute Gasteiger partial charge is 0.465 e. The van der Waals surface area contributed by atoms with Gasteiger partial charge in [-0.1, -0.05) is 42.5 Å². The highest BCUT2D eigenvalue weighted by Gasteiger charge is 2.51. The zero-order valence-electron chi connectivity index (χ0n) is 17.0. The topological polar surface area (TPSA) is 72.9 Å². The summed E-state index contributed by atoms with van der Waals surface area (Å²) in [5.74, 6) is -0.119. The molecule has 1 saturated carbocycles. The minimum absolute atomic E-state index is 0.203. The van der Waals surface area contributed by atoms with Gasteiger partial charge in [-0.15, -0.1) is 0 Å². The maximum atomic E-state index is 12.9. The molecular weight excluding hydrogens is 382 g/mol. The van der Waals surface area contributed by atoms with Gasteiger partial charge in [-0.3, -0.25) is 4.79 Å². The summed E-state index contributed by atoms with van der Waals surface area (Å²) < 4.78 is 10.3.